The number of hydrogen-bond donors (Lipinski definition) is 1. The molecule has 2 aromatic heterocycles. The van der Waals surface area contributed by atoms with E-state index in [1.54, 1.807) is 35.1 Å². The number of nitrogens with zero attached hydrogens (tertiary/aromatic N) is 3. The Morgan fingerprint density at radius 1 is 1.19 bits per heavy atom. The first-order valence-electron chi connectivity index (χ1n) is 10.9. The highest BCUT2D eigenvalue weighted by Crippen LogP contribution is 2.43. The molecule has 8 heteroatoms. The Labute approximate surface area is 180 Å². The van der Waals surface area contributed by atoms with Crippen LogP contribution in [-0.2, 0) is 16.1 Å². The van der Waals surface area contributed by atoms with Crippen LogP contribution in [0.2, 0.25) is 0 Å². The first-order chi connectivity index (χ1) is 14.9. The molecule has 3 atom stereocenters. The van der Waals surface area contributed by atoms with Gasteiger partial charge < -0.3 is 19.3 Å². The maximum absolute atomic E-state index is 13.6. The second kappa shape index (κ2) is 7.67. The molecule has 1 aliphatic carbocycles. The van der Waals surface area contributed by atoms with E-state index >= 15 is 0 Å². The Morgan fingerprint density at radius 2 is 2.00 bits per heavy atom. The molecule has 1 N–H and O–H groups in total. The molecule has 2 aliphatic heterocycles. The highest BCUT2D eigenvalue weighted by molar-refractivity contribution is 5.82. The molecular formula is C23H27N3O5. The van der Waals surface area contributed by atoms with E-state index in [9.17, 15) is 19.5 Å². The summed E-state index contributed by atoms with van der Waals surface area (Å²) < 4.78 is 6.77. The summed E-state index contributed by atoms with van der Waals surface area (Å²) in [6, 6.07) is 6.31. The van der Waals surface area contributed by atoms with E-state index in [0.717, 1.165) is 17.7 Å². The monoisotopic (exact) mass is 425 g/mol. The van der Waals surface area contributed by atoms with Gasteiger partial charge in [-0.3, -0.25) is 19.0 Å². The minimum absolute atomic E-state index is 0.0322. The Kier molecular flexibility index (Phi) is 4.97. The summed E-state index contributed by atoms with van der Waals surface area (Å²) in [6.45, 7) is 1.40. The van der Waals surface area contributed by atoms with Crippen molar-refractivity contribution in [3.05, 3.63) is 58.4 Å². The van der Waals surface area contributed by atoms with Crippen molar-refractivity contribution in [2.24, 2.45) is 11.8 Å². The van der Waals surface area contributed by atoms with Crippen LogP contribution < -0.4 is 5.56 Å². The van der Waals surface area contributed by atoms with E-state index in [-0.39, 0.29) is 41.2 Å². The van der Waals surface area contributed by atoms with Gasteiger partial charge in [-0.15, -0.1) is 0 Å². The van der Waals surface area contributed by atoms with Crippen molar-refractivity contribution in [2.75, 3.05) is 20.1 Å². The molecule has 31 heavy (non-hydrogen) atoms. The van der Waals surface area contributed by atoms with E-state index in [0.29, 0.717) is 32.5 Å². The topological polar surface area (TPSA) is 96.0 Å². The van der Waals surface area contributed by atoms with Crippen LogP contribution in [-0.4, -0.2) is 57.5 Å². The van der Waals surface area contributed by atoms with Gasteiger partial charge in [0.15, 0.2) is 0 Å². The Hall–Kier alpha value is -2.87. The van der Waals surface area contributed by atoms with Crippen LogP contribution in [0.25, 0.3) is 0 Å². The summed E-state index contributed by atoms with van der Waals surface area (Å²) in [5, 5.41) is 9.60. The highest BCUT2D eigenvalue weighted by atomic mass is 16.3. The molecule has 0 unspecified atom stereocenters. The fourth-order valence-corrected chi connectivity index (χ4v) is 5.44. The Morgan fingerprint density at radius 3 is 2.71 bits per heavy atom. The first kappa shape index (κ1) is 20.1. The number of furan rings is 1. The van der Waals surface area contributed by atoms with E-state index in [2.05, 4.69) is 0 Å². The first-order valence-corrected chi connectivity index (χ1v) is 10.9. The molecule has 0 radical (unpaired) electrons. The number of aliphatic hydroxyl groups excluding tert-OH is 1. The van der Waals surface area contributed by atoms with Crippen LogP contribution in [0.1, 0.15) is 42.5 Å². The van der Waals surface area contributed by atoms with Gasteiger partial charge in [-0.05, 0) is 31.4 Å². The van der Waals surface area contributed by atoms with Crippen LogP contribution in [0, 0.1) is 11.8 Å². The zero-order valence-electron chi connectivity index (χ0n) is 17.5. The van der Waals surface area contributed by atoms with Gasteiger partial charge in [-0.2, -0.15) is 0 Å². The van der Waals surface area contributed by atoms with Crippen LogP contribution in [0.4, 0.5) is 0 Å². The summed E-state index contributed by atoms with van der Waals surface area (Å²) in [4.78, 5) is 42.9. The van der Waals surface area contributed by atoms with E-state index < -0.39 is 6.04 Å². The van der Waals surface area contributed by atoms with Crippen molar-refractivity contribution in [1.82, 2.24) is 14.4 Å². The molecule has 1 saturated heterocycles. The predicted octanol–water partition coefficient (Wildman–Crippen LogP) is 1.36. The van der Waals surface area contributed by atoms with Crippen LogP contribution in [0.15, 0.2) is 46.0 Å². The van der Waals surface area contributed by atoms with Crippen molar-refractivity contribution in [1.29, 1.82) is 0 Å². The molecule has 3 aliphatic rings. The summed E-state index contributed by atoms with van der Waals surface area (Å²) in [5.74, 6) is -0.300. The molecule has 1 saturated carbocycles. The molecule has 0 aromatic carbocycles. The molecular weight excluding hydrogens is 398 g/mol. The summed E-state index contributed by atoms with van der Waals surface area (Å²) in [7, 11) is 1.73. The Bertz CT molecular complexity index is 1040. The maximum Gasteiger partial charge on any atom is 0.251 e. The molecule has 2 aromatic rings. The third-order valence-corrected chi connectivity index (χ3v) is 7.05. The zero-order chi connectivity index (χ0) is 21.7. The molecule has 0 spiro atoms. The second-order valence-corrected chi connectivity index (χ2v) is 9.19. The normalized spacial score (nSPS) is 29.1. The van der Waals surface area contributed by atoms with Crippen molar-refractivity contribution < 1.29 is 19.1 Å². The number of carbonyl (C=O) groups excluding carboxylic acids is 2. The number of fused-ring (bicyclic) bond motifs is 4. The van der Waals surface area contributed by atoms with Gasteiger partial charge in [-0.1, -0.05) is 6.07 Å². The third-order valence-electron chi connectivity index (χ3n) is 7.05. The van der Waals surface area contributed by atoms with Crippen molar-refractivity contribution >= 4 is 11.8 Å². The number of hydrogen-bond acceptors (Lipinski definition) is 5. The van der Waals surface area contributed by atoms with E-state index in [1.807, 2.05) is 17.0 Å². The van der Waals surface area contributed by atoms with Gasteiger partial charge in [0.1, 0.15) is 6.04 Å². The zero-order valence-corrected chi connectivity index (χ0v) is 17.5. The lowest BCUT2D eigenvalue weighted by atomic mass is 9.76. The minimum Gasteiger partial charge on any atom is -0.472 e. The molecule has 2 fully saturated rings. The number of carbonyl (C=O) groups is 2. The molecule has 4 heterocycles. The highest BCUT2D eigenvalue weighted by Gasteiger charge is 2.47. The molecule has 5 rings (SSSR count). The number of aliphatic hydroxyl groups is 1. The maximum atomic E-state index is 13.6. The smallest absolute Gasteiger partial charge is 0.251 e. The lowest BCUT2D eigenvalue weighted by molar-refractivity contribution is -0.148. The summed E-state index contributed by atoms with van der Waals surface area (Å²) >= 11 is 0. The quantitative estimate of drug-likeness (QED) is 0.798. The van der Waals surface area contributed by atoms with Gasteiger partial charge in [-0.25, -0.2) is 0 Å². The number of likely N-dealkylation sites (N-methyl/N-ethyl adjacent to an activating group) is 1. The van der Waals surface area contributed by atoms with Crippen LogP contribution in [0.5, 0.6) is 0 Å². The number of amides is 2. The number of piperidine rings is 1. The number of aromatic nitrogens is 1. The van der Waals surface area contributed by atoms with Gasteiger partial charge in [0.25, 0.3) is 5.56 Å². The minimum atomic E-state index is -0.639. The summed E-state index contributed by atoms with van der Waals surface area (Å²) in [6.07, 6.45) is 4.59. The average molecular weight is 425 g/mol. The lowest BCUT2D eigenvalue weighted by Gasteiger charge is -2.48. The van der Waals surface area contributed by atoms with Gasteiger partial charge in [0.05, 0.1) is 18.6 Å². The molecule has 2 amide bonds. The van der Waals surface area contributed by atoms with Gasteiger partial charge in [0.2, 0.25) is 11.8 Å². The van der Waals surface area contributed by atoms with E-state index in [1.165, 1.54) is 6.07 Å². The van der Waals surface area contributed by atoms with Crippen molar-refractivity contribution in [3.63, 3.8) is 0 Å². The number of pyridine rings is 1. The second-order valence-electron chi connectivity index (χ2n) is 9.19. The fraction of sp³-hybridized carbons (Fsp3) is 0.522. The predicted molar refractivity (Wildman–Crippen MR) is 111 cm³/mol. The standard InChI is InChI=1S/C23H27N3O5/c1-24(10-14-5-6-31-13-14)23(30)21-17-7-16(19-3-2-4-20(28)26(19)21)11-25(12-17)22(29)15-8-18(27)9-15/h2-6,13,15-18,21,27H,7-12H2,1H3/t15?,16-,17+,18?,21-/m1/s1. The van der Waals surface area contributed by atoms with Crippen molar-refractivity contribution in [2.45, 2.75) is 43.9 Å². The van der Waals surface area contributed by atoms with Crippen LogP contribution in [0.3, 0.4) is 0 Å². The van der Waals surface area contributed by atoms with E-state index in [4.69, 9.17) is 4.42 Å². The van der Waals surface area contributed by atoms with Crippen molar-refractivity contribution in [3.8, 4) is 0 Å². The summed E-state index contributed by atoms with van der Waals surface area (Å²) in [5.41, 5.74) is 1.53. The average Bonchev–Trinajstić information content (AvgIpc) is 3.24. The van der Waals surface area contributed by atoms with Crippen LogP contribution >= 0.6 is 0 Å². The third kappa shape index (κ3) is 3.48. The van der Waals surface area contributed by atoms with Gasteiger partial charge >= 0.3 is 0 Å². The molecule has 164 valence electrons. The fourth-order valence-electron chi connectivity index (χ4n) is 5.44. The number of rotatable bonds is 4. The molecule has 2 bridgehead atoms. The Balaban J connectivity index is 1.45. The molecule has 8 nitrogen and oxygen atoms in total. The van der Waals surface area contributed by atoms with Gasteiger partial charge in [0, 0.05) is 61.8 Å². The lowest BCUT2D eigenvalue weighted by Crippen LogP contribution is -2.56. The number of likely N-dealkylation sites (tertiary alicyclic amines) is 1. The SMILES string of the molecule is CN(Cc1ccoc1)C(=O)[C@H]1[C@H]2C[C@H](CN(C(=O)C3CC(O)C3)C2)c2cccc(=O)n21. The largest absolute Gasteiger partial charge is 0.472 e.